The number of Topliss-reactive ketones (excluding diaryl/α,β-unsaturated/α-hetero) is 1. The summed E-state index contributed by atoms with van der Waals surface area (Å²) in [5.41, 5.74) is 3.18. The first-order valence-electron chi connectivity index (χ1n) is 6.74. The van der Waals surface area contributed by atoms with Crippen LogP contribution in [0.4, 0.5) is 5.69 Å². The van der Waals surface area contributed by atoms with E-state index >= 15 is 0 Å². The van der Waals surface area contributed by atoms with Crippen LogP contribution in [0.1, 0.15) is 22.5 Å². The molecule has 1 N–H and O–H groups in total. The third-order valence-electron chi connectivity index (χ3n) is 3.78. The first-order chi connectivity index (χ1) is 9.24. The molecule has 19 heavy (non-hydrogen) atoms. The van der Waals surface area contributed by atoms with Crippen LogP contribution in [0.5, 0.6) is 0 Å². The van der Waals surface area contributed by atoms with E-state index in [1.807, 2.05) is 22.9 Å². The van der Waals surface area contributed by atoms with E-state index < -0.39 is 0 Å². The van der Waals surface area contributed by atoms with E-state index in [9.17, 15) is 4.79 Å². The molecule has 0 fully saturated rings. The number of nitrogens with zero attached hydrogens (tertiary/aromatic N) is 1. The number of hydrogen-bond acceptors (Lipinski definition) is 2. The number of fused-ring (bicyclic) bond motifs is 1. The van der Waals surface area contributed by atoms with Crippen LogP contribution in [-0.2, 0) is 6.54 Å². The van der Waals surface area contributed by atoms with Gasteiger partial charge < -0.3 is 9.88 Å². The van der Waals surface area contributed by atoms with Crippen LogP contribution in [0, 0.1) is 12.8 Å². The highest BCUT2D eigenvalue weighted by Gasteiger charge is 2.26. The van der Waals surface area contributed by atoms with E-state index in [-0.39, 0.29) is 11.7 Å². The average Bonchev–Trinajstić information content (AvgIpc) is 2.89. The lowest BCUT2D eigenvalue weighted by molar-refractivity contribution is 0.0887. The van der Waals surface area contributed by atoms with Gasteiger partial charge in [0, 0.05) is 30.9 Å². The summed E-state index contributed by atoms with van der Waals surface area (Å²) in [6.07, 6.45) is 2.90. The highest BCUT2D eigenvalue weighted by molar-refractivity contribution is 5.97. The molecule has 3 rings (SSSR count). The van der Waals surface area contributed by atoms with Gasteiger partial charge in [0.15, 0.2) is 5.78 Å². The van der Waals surface area contributed by atoms with Gasteiger partial charge in [0.1, 0.15) is 0 Å². The van der Waals surface area contributed by atoms with Crippen molar-refractivity contribution >= 4 is 11.5 Å². The van der Waals surface area contributed by atoms with E-state index in [4.69, 9.17) is 0 Å². The molecule has 2 aromatic rings. The Balaban J connectivity index is 1.65. The highest BCUT2D eigenvalue weighted by Crippen LogP contribution is 2.21. The first-order valence-corrected chi connectivity index (χ1v) is 6.74. The van der Waals surface area contributed by atoms with Gasteiger partial charge in [-0.1, -0.05) is 17.7 Å². The second kappa shape index (κ2) is 4.92. The molecule has 1 aliphatic rings. The van der Waals surface area contributed by atoms with Crippen LogP contribution in [-0.4, -0.2) is 16.9 Å². The minimum Gasteiger partial charge on any atom is -0.384 e. The minimum atomic E-state index is 0.0868. The van der Waals surface area contributed by atoms with Crippen molar-refractivity contribution < 1.29 is 4.79 Å². The van der Waals surface area contributed by atoms with Gasteiger partial charge in [-0.3, -0.25) is 4.79 Å². The summed E-state index contributed by atoms with van der Waals surface area (Å²) in [6.45, 7) is 3.73. The summed E-state index contributed by atoms with van der Waals surface area (Å²) < 4.78 is 2.05. The Kier molecular flexibility index (Phi) is 3.11. The number of carbonyl (C=O) groups is 1. The fourth-order valence-corrected chi connectivity index (χ4v) is 2.58. The van der Waals surface area contributed by atoms with Crippen molar-refractivity contribution in [2.75, 3.05) is 11.9 Å². The number of hydrogen-bond donors (Lipinski definition) is 1. The van der Waals surface area contributed by atoms with Gasteiger partial charge in [0.2, 0.25) is 0 Å². The minimum absolute atomic E-state index is 0.0868. The largest absolute Gasteiger partial charge is 0.384 e. The Labute approximate surface area is 113 Å². The number of rotatable bonds is 3. The van der Waals surface area contributed by atoms with Crippen molar-refractivity contribution in [3.8, 4) is 0 Å². The molecule has 0 radical (unpaired) electrons. The Morgan fingerprint density at radius 2 is 2.05 bits per heavy atom. The van der Waals surface area contributed by atoms with E-state index in [2.05, 4.69) is 36.5 Å². The van der Waals surface area contributed by atoms with E-state index in [0.29, 0.717) is 6.54 Å². The maximum atomic E-state index is 12.3. The topological polar surface area (TPSA) is 34.0 Å². The fraction of sp³-hybridized carbons (Fsp3) is 0.312. The summed E-state index contributed by atoms with van der Waals surface area (Å²) in [5.74, 6) is 0.347. The molecule has 0 unspecified atom stereocenters. The predicted molar refractivity (Wildman–Crippen MR) is 76.5 cm³/mol. The fourth-order valence-electron chi connectivity index (χ4n) is 2.58. The quantitative estimate of drug-likeness (QED) is 0.913. The molecule has 0 spiro atoms. The normalized spacial score (nSPS) is 18.2. The van der Waals surface area contributed by atoms with Crippen molar-refractivity contribution in [1.82, 2.24) is 4.57 Å². The standard InChI is InChI=1S/C16H18N2O/c1-12-4-6-14(7-5-12)17-11-13-8-10-18-9-2-3-15(18)16(13)19/h2-7,9,13,17H,8,10-11H2,1H3/t13-/m0/s1. The molecule has 3 nitrogen and oxygen atoms in total. The average molecular weight is 254 g/mol. The van der Waals surface area contributed by atoms with Gasteiger partial charge >= 0.3 is 0 Å². The molecule has 98 valence electrons. The van der Waals surface area contributed by atoms with Gasteiger partial charge in [-0.2, -0.15) is 0 Å². The zero-order chi connectivity index (χ0) is 13.2. The molecule has 1 aromatic heterocycles. The van der Waals surface area contributed by atoms with E-state index in [1.165, 1.54) is 5.56 Å². The Bertz CT molecular complexity index is 583. The van der Waals surface area contributed by atoms with Crippen LogP contribution in [0.2, 0.25) is 0 Å². The number of benzene rings is 1. The number of aryl methyl sites for hydroxylation is 2. The molecule has 2 heterocycles. The lowest BCUT2D eigenvalue weighted by Gasteiger charge is -2.23. The molecular formula is C16H18N2O. The lowest BCUT2D eigenvalue weighted by Crippen LogP contribution is -2.30. The molecule has 1 aliphatic heterocycles. The molecule has 3 heteroatoms. The van der Waals surface area contributed by atoms with Crippen LogP contribution < -0.4 is 5.32 Å². The van der Waals surface area contributed by atoms with Crippen molar-refractivity contribution in [2.45, 2.75) is 19.9 Å². The van der Waals surface area contributed by atoms with Crippen LogP contribution in [0.15, 0.2) is 42.6 Å². The molecular weight excluding hydrogens is 236 g/mol. The first kappa shape index (κ1) is 12.0. The zero-order valence-corrected chi connectivity index (χ0v) is 11.1. The summed E-state index contributed by atoms with van der Waals surface area (Å²) in [7, 11) is 0. The van der Waals surface area contributed by atoms with Gasteiger partial charge in [-0.05, 0) is 37.6 Å². The molecule has 1 aromatic carbocycles. The number of aromatic nitrogens is 1. The number of carbonyl (C=O) groups excluding carboxylic acids is 1. The van der Waals surface area contributed by atoms with Crippen LogP contribution in [0.25, 0.3) is 0 Å². The smallest absolute Gasteiger partial charge is 0.184 e. The molecule has 0 bridgehead atoms. The predicted octanol–water partition coefficient (Wildman–Crippen LogP) is 3.11. The zero-order valence-electron chi connectivity index (χ0n) is 11.1. The van der Waals surface area contributed by atoms with E-state index in [0.717, 1.165) is 24.3 Å². The monoisotopic (exact) mass is 254 g/mol. The SMILES string of the molecule is Cc1ccc(NC[C@@H]2CCn3cccc3C2=O)cc1. The van der Waals surface area contributed by atoms with Gasteiger partial charge in [-0.25, -0.2) is 0 Å². The number of ketones is 1. The Hall–Kier alpha value is -2.03. The summed E-state index contributed by atoms with van der Waals surface area (Å²) >= 11 is 0. The second-order valence-corrected chi connectivity index (χ2v) is 5.18. The lowest BCUT2D eigenvalue weighted by atomic mass is 9.94. The van der Waals surface area contributed by atoms with Crippen molar-refractivity contribution in [1.29, 1.82) is 0 Å². The highest BCUT2D eigenvalue weighted by atomic mass is 16.1. The molecule has 0 saturated carbocycles. The summed E-state index contributed by atoms with van der Waals surface area (Å²) in [5, 5.41) is 3.36. The van der Waals surface area contributed by atoms with Crippen molar-refractivity contribution in [3.63, 3.8) is 0 Å². The maximum absolute atomic E-state index is 12.3. The number of nitrogens with one attached hydrogen (secondary N) is 1. The second-order valence-electron chi connectivity index (χ2n) is 5.18. The number of anilines is 1. The van der Waals surface area contributed by atoms with Crippen molar-refractivity contribution in [2.24, 2.45) is 5.92 Å². The van der Waals surface area contributed by atoms with Crippen LogP contribution in [0.3, 0.4) is 0 Å². The van der Waals surface area contributed by atoms with Crippen molar-refractivity contribution in [3.05, 3.63) is 53.9 Å². The summed E-state index contributed by atoms with van der Waals surface area (Å²) in [4.78, 5) is 12.3. The molecule has 0 saturated heterocycles. The third kappa shape index (κ3) is 2.41. The van der Waals surface area contributed by atoms with Crippen LogP contribution >= 0.6 is 0 Å². The Morgan fingerprint density at radius 1 is 1.26 bits per heavy atom. The third-order valence-corrected chi connectivity index (χ3v) is 3.78. The molecule has 0 amide bonds. The van der Waals surface area contributed by atoms with Gasteiger partial charge in [0.25, 0.3) is 0 Å². The summed E-state index contributed by atoms with van der Waals surface area (Å²) in [6, 6.07) is 12.1. The van der Waals surface area contributed by atoms with Gasteiger partial charge in [0.05, 0.1) is 5.69 Å². The van der Waals surface area contributed by atoms with Gasteiger partial charge in [-0.15, -0.1) is 0 Å². The van der Waals surface area contributed by atoms with E-state index in [1.54, 1.807) is 0 Å². The molecule has 0 aliphatic carbocycles. The Morgan fingerprint density at radius 3 is 2.84 bits per heavy atom. The maximum Gasteiger partial charge on any atom is 0.184 e. The molecule has 1 atom stereocenters.